The van der Waals surface area contributed by atoms with Crippen molar-refractivity contribution >= 4 is 45.7 Å². The van der Waals surface area contributed by atoms with E-state index in [1.54, 1.807) is 18.2 Å². The van der Waals surface area contributed by atoms with Gasteiger partial charge in [0.25, 0.3) is 17.2 Å². The highest BCUT2D eigenvalue weighted by atomic mass is 35.5. The van der Waals surface area contributed by atoms with E-state index in [2.05, 4.69) is 15.3 Å². The predicted molar refractivity (Wildman–Crippen MR) is 97.8 cm³/mol. The van der Waals surface area contributed by atoms with Gasteiger partial charge in [0.15, 0.2) is 0 Å². The standard InChI is InChI=1S/C17H11ClN4O5/c18-9-2-1-3-10(6-9)19-17(25)15(23)8-14-16(24)21-13-7-11(22(26)27)4-5-12(13)20-14/h1-7H,8H2,(H,19,25)(H,21,24). The summed E-state index contributed by atoms with van der Waals surface area (Å²) in [5.74, 6) is -1.78. The first-order valence-electron chi connectivity index (χ1n) is 7.60. The quantitative estimate of drug-likeness (QED) is 0.392. The van der Waals surface area contributed by atoms with Crippen LogP contribution in [-0.2, 0) is 16.0 Å². The van der Waals surface area contributed by atoms with Crippen LogP contribution in [0.25, 0.3) is 11.0 Å². The van der Waals surface area contributed by atoms with E-state index >= 15 is 0 Å². The van der Waals surface area contributed by atoms with Crippen molar-refractivity contribution in [3.05, 3.63) is 73.6 Å². The number of ketones is 1. The van der Waals surface area contributed by atoms with Crippen molar-refractivity contribution in [2.45, 2.75) is 6.42 Å². The number of carbonyl (C=O) groups excluding carboxylic acids is 2. The number of Topliss-reactive ketones (excluding diaryl/α,β-unsaturated/α-hetero) is 1. The fourth-order valence-corrected chi connectivity index (χ4v) is 2.54. The molecule has 2 N–H and O–H groups in total. The normalized spacial score (nSPS) is 10.6. The minimum Gasteiger partial charge on any atom is -0.319 e. The number of nitrogens with one attached hydrogen (secondary N) is 2. The molecule has 1 amide bonds. The zero-order valence-corrected chi connectivity index (χ0v) is 14.3. The van der Waals surface area contributed by atoms with Gasteiger partial charge in [-0.25, -0.2) is 4.98 Å². The largest absolute Gasteiger partial charge is 0.319 e. The molecule has 0 spiro atoms. The lowest BCUT2D eigenvalue weighted by molar-refractivity contribution is -0.384. The number of non-ortho nitro benzene ring substituents is 1. The molecule has 0 fully saturated rings. The molecule has 0 saturated heterocycles. The summed E-state index contributed by atoms with van der Waals surface area (Å²) in [6.07, 6.45) is -0.519. The number of hydrogen-bond acceptors (Lipinski definition) is 6. The number of benzene rings is 2. The van der Waals surface area contributed by atoms with Crippen LogP contribution in [0, 0.1) is 10.1 Å². The van der Waals surface area contributed by atoms with Gasteiger partial charge in [-0.3, -0.25) is 24.5 Å². The molecule has 0 aliphatic rings. The molecule has 2 aromatic carbocycles. The van der Waals surface area contributed by atoms with Crippen molar-refractivity contribution in [1.82, 2.24) is 9.97 Å². The summed E-state index contributed by atoms with van der Waals surface area (Å²) in [5, 5.41) is 13.6. The number of nitro benzene ring substituents is 1. The van der Waals surface area contributed by atoms with Crippen molar-refractivity contribution in [2.24, 2.45) is 0 Å². The molecule has 0 saturated carbocycles. The lowest BCUT2D eigenvalue weighted by Crippen LogP contribution is -2.28. The van der Waals surface area contributed by atoms with Crippen molar-refractivity contribution in [1.29, 1.82) is 0 Å². The van der Waals surface area contributed by atoms with Crippen LogP contribution in [0.3, 0.4) is 0 Å². The Morgan fingerprint density at radius 1 is 1.22 bits per heavy atom. The van der Waals surface area contributed by atoms with Crippen LogP contribution >= 0.6 is 11.6 Å². The first kappa shape index (κ1) is 18.2. The predicted octanol–water partition coefficient (Wildman–Crippen LogP) is 2.24. The van der Waals surface area contributed by atoms with Crippen molar-refractivity contribution in [3.63, 3.8) is 0 Å². The van der Waals surface area contributed by atoms with Crippen LogP contribution in [0.15, 0.2) is 47.3 Å². The topological polar surface area (TPSA) is 135 Å². The third-order valence-corrected chi connectivity index (χ3v) is 3.86. The lowest BCUT2D eigenvalue weighted by Gasteiger charge is -2.05. The molecule has 1 aromatic heterocycles. The molecule has 0 bridgehead atoms. The number of nitrogens with zero attached hydrogens (tertiary/aromatic N) is 2. The van der Waals surface area contributed by atoms with E-state index in [4.69, 9.17) is 11.6 Å². The van der Waals surface area contributed by atoms with Gasteiger partial charge in [0.05, 0.1) is 22.4 Å². The molecule has 27 heavy (non-hydrogen) atoms. The Morgan fingerprint density at radius 2 is 2.00 bits per heavy atom. The van der Waals surface area contributed by atoms with Gasteiger partial charge in [-0.15, -0.1) is 0 Å². The fourth-order valence-electron chi connectivity index (χ4n) is 2.35. The van der Waals surface area contributed by atoms with E-state index in [-0.39, 0.29) is 22.4 Å². The Bertz CT molecular complexity index is 1140. The van der Waals surface area contributed by atoms with Crippen LogP contribution < -0.4 is 10.9 Å². The summed E-state index contributed by atoms with van der Waals surface area (Å²) in [4.78, 5) is 52.8. The van der Waals surface area contributed by atoms with Crippen LogP contribution in [0.4, 0.5) is 11.4 Å². The maximum Gasteiger partial charge on any atom is 0.292 e. The van der Waals surface area contributed by atoms with E-state index in [1.807, 2.05) is 0 Å². The molecular weight excluding hydrogens is 376 g/mol. The number of H-pyrrole nitrogens is 1. The summed E-state index contributed by atoms with van der Waals surface area (Å²) >= 11 is 5.81. The van der Waals surface area contributed by atoms with Crippen LogP contribution in [0.2, 0.25) is 5.02 Å². The van der Waals surface area contributed by atoms with Crippen LogP contribution in [-0.4, -0.2) is 26.6 Å². The summed E-state index contributed by atoms with van der Waals surface area (Å²) in [6, 6.07) is 10.0. The minimum atomic E-state index is -0.915. The van der Waals surface area contributed by atoms with Crippen LogP contribution in [0.5, 0.6) is 0 Å². The summed E-state index contributed by atoms with van der Waals surface area (Å²) < 4.78 is 0. The Labute approximate surface area is 156 Å². The molecule has 1 heterocycles. The van der Waals surface area contributed by atoms with E-state index in [0.29, 0.717) is 10.7 Å². The molecule has 9 nitrogen and oxygen atoms in total. The number of aromatic nitrogens is 2. The summed E-state index contributed by atoms with van der Waals surface area (Å²) in [5.41, 5.74) is -0.306. The number of aromatic amines is 1. The second-order valence-corrected chi connectivity index (χ2v) is 5.97. The molecule has 0 aliphatic carbocycles. The van der Waals surface area contributed by atoms with Gasteiger partial charge < -0.3 is 10.3 Å². The first-order valence-corrected chi connectivity index (χ1v) is 7.98. The van der Waals surface area contributed by atoms with Crippen molar-refractivity contribution in [2.75, 3.05) is 5.32 Å². The second-order valence-electron chi connectivity index (χ2n) is 5.54. The number of hydrogen-bond donors (Lipinski definition) is 2. The number of anilines is 1. The molecule has 136 valence electrons. The second kappa shape index (κ2) is 7.34. The number of amides is 1. The van der Waals surface area contributed by atoms with Crippen molar-refractivity contribution < 1.29 is 14.5 Å². The van der Waals surface area contributed by atoms with E-state index in [1.165, 1.54) is 24.3 Å². The smallest absolute Gasteiger partial charge is 0.292 e. The highest BCUT2D eigenvalue weighted by Crippen LogP contribution is 2.17. The zero-order valence-electron chi connectivity index (χ0n) is 13.6. The summed E-state index contributed by atoms with van der Waals surface area (Å²) in [7, 11) is 0. The van der Waals surface area contributed by atoms with Gasteiger partial charge >= 0.3 is 0 Å². The molecular formula is C17H11ClN4O5. The van der Waals surface area contributed by atoms with Gasteiger partial charge in [0.2, 0.25) is 5.78 Å². The van der Waals surface area contributed by atoms with E-state index in [0.717, 1.165) is 0 Å². The monoisotopic (exact) mass is 386 g/mol. The lowest BCUT2D eigenvalue weighted by atomic mass is 10.2. The first-order chi connectivity index (χ1) is 12.8. The van der Waals surface area contributed by atoms with E-state index < -0.39 is 28.6 Å². The molecule has 0 aliphatic heterocycles. The average Bonchev–Trinajstić information content (AvgIpc) is 2.61. The fraction of sp³-hybridized carbons (Fsp3) is 0.0588. The van der Waals surface area contributed by atoms with Gasteiger partial charge in [0.1, 0.15) is 5.69 Å². The Kier molecular flexibility index (Phi) is 4.95. The maximum absolute atomic E-state index is 12.1. The maximum atomic E-state index is 12.1. The van der Waals surface area contributed by atoms with Gasteiger partial charge in [-0.2, -0.15) is 0 Å². The SMILES string of the molecule is O=C(Cc1nc2ccc([N+](=O)[O-])cc2[nH]c1=O)C(=O)Nc1cccc(Cl)c1. The van der Waals surface area contributed by atoms with E-state index in [9.17, 15) is 24.5 Å². The molecule has 10 heteroatoms. The molecule has 0 atom stereocenters. The van der Waals surface area contributed by atoms with Crippen molar-refractivity contribution in [3.8, 4) is 0 Å². The third-order valence-electron chi connectivity index (χ3n) is 3.62. The molecule has 3 rings (SSSR count). The van der Waals surface area contributed by atoms with Crippen LogP contribution in [0.1, 0.15) is 5.69 Å². The van der Waals surface area contributed by atoms with Gasteiger partial charge in [0, 0.05) is 22.8 Å². The highest BCUT2D eigenvalue weighted by Gasteiger charge is 2.18. The number of halogens is 1. The number of rotatable bonds is 5. The minimum absolute atomic E-state index is 0.161. The Morgan fingerprint density at radius 3 is 2.70 bits per heavy atom. The summed E-state index contributed by atoms with van der Waals surface area (Å²) in [6.45, 7) is 0. The number of carbonyl (C=O) groups is 2. The molecule has 0 unspecified atom stereocenters. The van der Waals surface area contributed by atoms with Gasteiger partial charge in [-0.1, -0.05) is 17.7 Å². The number of nitro groups is 1. The highest BCUT2D eigenvalue weighted by molar-refractivity contribution is 6.41. The third kappa shape index (κ3) is 4.15. The molecule has 3 aromatic rings. The zero-order chi connectivity index (χ0) is 19.6. The Balaban J connectivity index is 1.81. The average molecular weight is 387 g/mol. The number of fused-ring (bicyclic) bond motifs is 1. The Hall–Kier alpha value is -3.59. The van der Waals surface area contributed by atoms with Gasteiger partial charge in [-0.05, 0) is 24.3 Å². The molecule has 0 radical (unpaired) electrons.